The van der Waals surface area contributed by atoms with Gasteiger partial charge in [0.1, 0.15) is 0 Å². The maximum Gasteiger partial charge on any atom is 0.192 e. The topological polar surface area (TPSA) is 22.1 Å². The summed E-state index contributed by atoms with van der Waals surface area (Å²) in [5.74, 6) is 0. The molecule has 1 aromatic heterocycles. The molecule has 118 valence electrons. The first-order chi connectivity index (χ1) is 9.78. The lowest BCUT2D eigenvalue weighted by atomic mass is 9.97. The van der Waals surface area contributed by atoms with Gasteiger partial charge in [-0.3, -0.25) is 0 Å². The average molecular weight is 324 g/mol. The molecule has 0 saturated heterocycles. The summed E-state index contributed by atoms with van der Waals surface area (Å²) in [5, 5.41) is 2.10. The Bertz CT molecular complexity index is 444. The number of nitrogens with zero attached hydrogens (tertiary/aromatic N) is 1. The van der Waals surface area contributed by atoms with Crippen LogP contribution in [0.5, 0.6) is 0 Å². The fraction of sp³-hybridized carbons (Fsp3) is 0.706. The summed E-state index contributed by atoms with van der Waals surface area (Å²) < 4.78 is 6.62. The van der Waals surface area contributed by atoms with Crippen molar-refractivity contribution in [2.24, 2.45) is 0 Å². The van der Waals surface area contributed by atoms with Gasteiger partial charge in [-0.25, -0.2) is 4.98 Å². The molecule has 0 bridgehead atoms. The zero-order chi connectivity index (χ0) is 15.5. The van der Waals surface area contributed by atoms with Crippen molar-refractivity contribution in [1.29, 1.82) is 0 Å². The number of aromatic nitrogens is 1. The Morgan fingerprint density at radius 2 is 2.00 bits per heavy atom. The van der Waals surface area contributed by atoms with Crippen LogP contribution in [0.3, 0.4) is 0 Å². The van der Waals surface area contributed by atoms with Crippen LogP contribution in [0.15, 0.2) is 29.4 Å². The molecule has 2 unspecified atom stereocenters. The van der Waals surface area contributed by atoms with Gasteiger partial charge in [-0.05, 0) is 55.9 Å². The van der Waals surface area contributed by atoms with Crippen molar-refractivity contribution in [3.63, 3.8) is 0 Å². The van der Waals surface area contributed by atoms with Gasteiger partial charge in [0.15, 0.2) is 8.32 Å². The lowest BCUT2D eigenvalue weighted by molar-refractivity contribution is 0.140. The molecule has 0 aliphatic heterocycles. The van der Waals surface area contributed by atoms with Crippen molar-refractivity contribution < 1.29 is 4.43 Å². The first kappa shape index (κ1) is 17.0. The number of hydrogen-bond acceptors (Lipinski definition) is 3. The first-order valence-corrected chi connectivity index (χ1v) is 11.8. The van der Waals surface area contributed by atoms with E-state index in [9.17, 15) is 0 Å². The molecular weight excluding hydrogens is 294 g/mol. The smallest absolute Gasteiger partial charge is 0.192 e. The third-order valence-electron chi connectivity index (χ3n) is 4.77. The average Bonchev–Trinajstić information content (AvgIpc) is 2.38. The van der Waals surface area contributed by atoms with Gasteiger partial charge in [-0.15, -0.1) is 11.8 Å². The maximum absolute atomic E-state index is 6.62. The minimum absolute atomic E-state index is 0.300. The van der Waals surface area contributed by atoms with Crippen molar-refractivity contribution in [3.8, 4) is 0 Å². The van der Waals surface area contributed by atoms with Gasteiger partial charge in [0.05, 0.1) is 5.03 Å². The van der Waals surface area contributed by atoms with Gasteiger partial charge < -0.3 is 4.43 Å². The maximum atomic E-state index is 6.62. The van der Waals surface area contributed by atoms with E-state index in [4.69, 9.17) is 4.43 Å². The van der Waals surface area contributed by atoms with Crippen LogP contribution in [0.2, 0.25) is 18.1 Å². The molecule has 2 atom stereocenters. The molecule has 0 spiro atoms. The Hall–Kier alpha value is -0.323. The molecule has 1 aliphatic rings. The minimum Gasteiger partial charge on any atom is -0.414 e. The van der Waals surface area contributed by atoms with E-state index >= 15 is 0 Å². The number of hydrogen-bond donors (Lipinski definition) is 0. The Labute approximate surface area is 135 Å². The molecule has 0 amide bonds. The summed E-state index contributed by atoms with van der Waals surface area (Å²) in [6.45, 7) is 11.7. The van der Waals surface area contributed by atoms with E-state index in [-0.39, 0.29) is 0 Å². The quantitative estimate of drug-likeness (QED) is 0.682. The Balaban J connectivity index is 1.92. The standard InChI is InChI=1S/C17H29NOSSi/c1-17(2,3)21(4,5)19-14-9-8-10-15(13-14)20-16-11-6-7-12-18-16/h6-7,11-12,14-15H,8-10,13H2,1-5H3. The molecule has 1 heterocycles. The van der Waals surface area contributed by atoms with Crippen LogP contribution < -0.4 is 0 Å². The van der Waals surface area contributed by atoms with E-state index in [1.54, 1.807) is 0 Å². The summed E-state index contributed by atoms with van der Waals surface area (Å²) in [7, 11) is -1.64. The molecule has 1 aromatic rings. The predicted molar refractivity (Wildman–Crippen MR) is 94.4 cm³/mol. The SMILES string of the molecule is CC(C)(C)[Si](C)(C)OC1CCCC(Sc2ccccn2)C1. The molecule has 2 nitrogen and oxygen atoms in total. The van der Waals surface area contributed by atoms with Crippen LogP contribution in [-0.2, 0) is 4.43 Å². The summed E-state index contributed by atoms with van der Waals surface area (Å²) in [6.07, 6.45) is 7.30. The normalized spacial score (nSPS) is 24.0. The predicted octanol–water partition coefficient (Wildman–Crippen LogP) is 5.51. The highest BCUT2D eigenvalue weighted by Crippen LogP contribution is 2.41. The number of rotatable bonds is 4. The highest BCUT2D eigenvalue weighted by atomic mass is 32.2. The van der Waals surface area contributed by atoms with Gasteiger partial charge in [0.2, 0.25) is 0 Å². The number of thioether (sulfide) groups is 1. The van der Waals surface area contributed by atoms with Crippen molar-refractivity contribution >= 4 is 20.1 Å². The summed E-state index contributed by atoms with van der Waals surface area (Å²) in [6, 6.07) is 6.17. The lowest BCUT2D eigenvalue weighted by Crippen LogP contribution is -2.45. The fourth-order valence-electron chi connectivity index (χ4n) is 2.50. The zero-order valence-electron chi connectivity index (χ0n) is 14.1. The van der Waals surface area contributed by atoms with Crippen LogP contribution in [0.25, 0.3) is 0 Å². The van der Waals surface area contributed by atoms with Gasteiger partial charge in [0.25, 0.3) is 0 Å². The Kier molecular flexibility index (Phi) is 5.55. The van der Waals surface area contributed by atoms with Crippen molar-refractivity contribution in [3.05, 3.63) is 24.4 Å². The van der Waals surface area contributed by atoms with Crippen molar-refractivity contribution in [2.45, 2.75) is 81.0 Å². The van der Waals surface area contributed by atoms with E-state index in [0.29, 0.717) is 16.4 Å². The van der Waals surface area contributed by atoms with E-state index in [1.807, 2.05) is 24.0 Å². The van der Waals surface area contributed by atoms with E-state index in [2.05, 4.69) is 51.0 Å². The van der Waals surface area contributed by atoms with Crippen molar-refractivity contribution in [1.82, 2.24) is 4.98 Å². The molecule has 4 heteroatoms. The first-order valence-electron chi connectivity index (χ1n) is 8.03. The molecule has 1 saturated carbocycles. The van der Waals surface area contributed by atoms with Gasteiger partial charge in [-0.2, -0.15) is 0 Å². The highest BCUT2D eigenvalue weighted by molar-refractivity contribution is 7.99. The van der Waals surface area contributed by atoms with Crippen molar-refractivity contribution in [2.75, 3.05) is 0 Å². The van der Waals surface area contributed by atoms with E-state index in [1.165, 1.54) is 25.7 Å². The molecule has 0 aromatic carbocycles. The highest BCUT2D eigenvalue weighted by Gasteiger charge is 2.40. The van der Waals surface area contributed by atoms with Crippen LogP contribution in [0.4, 0.5) is 0 Å². The molecule has 1 fully saturated rings. The fourth-order valence-corrected chi connectivity index (χ4v) is 5.11. The Morgan fingerprint density at radius 3 is 2.62 bits per heavy atom. The van der Waals surface area contributed by atoms with Gasteiger partial charge >= 0.3 is 0 Å². The van der Waals surface area contributed by atoms with Gasteiger partial charge in [0, 0.05) is 17.6 Å². The second kappa shape index (κ2) is 6.84. The minimum atomic E-state index is -1.64. The summed E-state index contributed by atoms with van der Waals surface area (Å²) >= 11 is 1.93. The molecular formula is C17H29NOSSi. The van der Waals surface area contributed by atoms with Crippen LogP contribution >= 0.6 is 11.8 Å². The third kappa shape index (κ3) is 4.83. The van der Waals surface area contributed by atoms with E-state index < -0.39 is 8.32 Å². The summed E-state index contributed by atoms with van der Waals surface area (Å²) in [5.41, 5.74) is 0. The van der Waals surface area contributed by atoms with Gasteiger partial charge in [-0.1, -0.05) is 26.8 Å². The monoisotopic (exact) mass is 323 g/mol. The van der Waals surface area contributed by atoms with Crippen LogP contribution in [0, 0.1) is 0 Å². The Morgan fingerprint density at radius 1 is 1.24 bits per heavy atom. The zero-order valence-corrected chi connectivity index (χ0v) is 15.9. The second-order valence-corrected chi connectivity index (χ2v) is 13.7. The lowest BCUT2D eigenvalue weighted by Gasteiger charge is -2.41. The molecule has 1 aliphatic carbocycles. The molecule has 0 N–H and O–H groups in total. The van der Waals surface area contributed by atoms with Crippen LogP contribution in [-0.4, -0.2) is 24.7 Å². The second-order valence-electron chi connectivity index (χ2n) is 7.57. The van der Waals surface area contributed by atoms with Crippen LogP contribution in [0.1, 0.15) is 46.5 Å². The summed E-state index contributed by atoms with van der Waals surface area (Å²) in [4.78, 5) is 4.44. The molecule has 2 rings (SSSR count). The number of pyridine rings is 1. The van der Waals surface area contributed by atoms with E-state index in [0.717, 1.165) is 5.03 Å². The third-order valence-corrected chi connectivity index (χ3v) is 10.6. The molecule has 0 radical (unpaired) electrons. The largest absolute Gasteiger partial charge is 0.414 e. The molecule has 21 heavy (non-hydrogen) atoms.